The van der Waals surface area contributed by atoms with Gasteiger partial charge in [-0.3, -0.25) is 9.59 Å². The van der Waals surface area contributed by atoms with E-state index in [9.17, 15) is 14.7 Å². The molecule has 3 heterocycles. The van der Waals surface area contributed by atoms with Crippen molar-refractivity contribution in [3.63, 3.8) is 0 Å². The van der Waals surface area contributed by atoms with Crippen LogP contribution in [0.2, 0.25) is 0 Å². The van der Waals surface area contributed by atoms with E-state index in [1.54, 1.807) is 30.3 Å². The number of phenolic OH excluding ortho intramolecular Hbond substituents is 1. The summed E-state index contributed by atoms with van der Waals surface area (Å²) in [5.74, 6) is -0.305. The Balaban J connectivity index is 1.60. The van der Waals surface area contributed by atoms with Crippen LogP contribution in [0.1, 0.15) is 29.5 Å². The number of hydrogen-bond donors (Lipinski definition) is 1. The molecular formula is C23H21N3O4. The average molecular weight is 403 g/mol. The topological polar surface area (TPSA) is 82.4 Å². The number of ether oxygens (including phenoxy) is 1. The fourth-order valence-corrected chi connectivity index (χ4v) is 4.53. The Morgan fingerprint density at radius 3 is 2.63 bits per heavy atom. The molecule has 152 valence electrons. The molecule has 5 rings (SSSR count). The van der Waals surface area contributed by atoms with Crippen LogP contribution >= 0.6 is 0 Å². The number of benzene rings is 2. The molecule has 0 atom stereocenters. The number of hydrazone groups is 1. The number of aromatic hydroxyl groups is 1. The summed E-state index contributed by atoms with van der Waals surface area (Å²) in [6.07, 6.45) is 5.37. The highest BCUT2D eigenvalue weighted by molar-refractivity contribution is 6.31. The third kappa shape index (κ3) is 2.94. The first-order valence-electron chi connectivity index (χ1n) is 10.1. The van der Waals surface area contributed by atoms with Gasteiger partial charge in [-0.1, -0.05) is 18.2 Å². The van der Waals surface area contributed by atoms with Gasteiger partial charge in [0.05, 0.1) is 5.69 Å². The number of hydrogen-bond acceptors (Lipinski definition) is 6. The van der Waals surface area contributed by atoms with Crippen molar-refractivity contribution < 1.29 is 19.4 Å². The molecule has 0 aromatic heterocycles. The minimum absolute atomic E-state index is 0.0776. The van der Waals surface area contributed by atoms with Crippen molar-refractivity contribution in [2.24, 2.45) is 5.10 Å². The zero-order valence-corrected chi connectivity index (χ0v) is 16.4. The molecule has 0 radical (unpaired) electrons. The molecule has 7 heteroatoms. The van der Waals surface area contributed by atoms with Gasteiger partial charge in [0.15, 0.2) is 0 Å². The number of carbonyl (C=O) groups excluding carboxylic acids is 2. The van der Waals surface area contributed by atoms with E-state index in [0.29, 0.717) is 11.3 Å². The van der Waals surface area contributed by atoms with Crippen LogP contribution in [0.25, 0.3) is 6.08 Å². The molecule has 3 aliphatic heterocycles. The summed E-state index contributed by atoms with van der Waals surface area (Å²) in [4.78, 5) is 26.4. The Morgan fingerprint density at radius 1 is 1.10 bits per heavy atom. The summed E-state index contributed by atoms with van der Waals surface area (Å²) in [7, 11) is 0. The van der Waals surface area contributed by atoms with Crippen LogP contribution in [0.4, 0.5) is 11.4 Å². The molecule has 1 N–H and O–H groups in total. The molecule has 0 spiro atoms. The Hall–Kier alpha value is -3.61. The number of nitrogens with zero attached hydrogens (tertiary/aromatic N) is 3. The third-order valence-electron chi connectivity index (χ3n) is 5.83. The smallest absolute Gasteiger partial charge is 0.299 e. The van der Waals surface area contributed by atoms with Crippen molar-refractivity contribution >= 4 is 35.7 Å². The Kier molecular flexibility index (Phi) is 4.50. The molecule has 7 nitrogen and oxygen atoms in total. The molecule has 3 aliphatic rings. The van der Waals surface area contributed by atoms with Gasteiger partial charge >= 0.3 is 0 Å². The first-order chi connectivity index (χ1) is 14.7. The van der Waals surface area contributed by atoms with Gasteiger partial charge in [-0.05, 0) is 55.5 Å². The number of amides is 1. The van der Waals surface area contributed by atoms with Crippen LogP contribution < -0.4 is 9.91 Å². The molecule has 0 aliphatic carbocycles. The van der Waals surface area contributed by atoms with E-state index >= 15 is 0 Å². The van der Waals surface area contributed by atoms with Gasteiger partial charge in [-0.15, -0.1) is 5.10 Å². The summed E-state index contributed by atoms with van der Waals surface area (Å²) in [5, 5.41) is 16.4. The largest absolute Gasteiger partial charge is 0.507 e. The minimum Gasteiger partial charge on any atom is -0.507 e. The predicted octanol–water partition coefficient (Wildman–Crippen LogP) is 3.01. The third-order valence-corrected chi connectivity index (χ3v) is 5.83. The lowest BCUT2D eigenvalue weighted by Gasteiger charge is -2.37. The number of rotatable bonds is 3. The van der Waals surface area contributed by atoms with Crippen molar-refractivity contribution in [2.75, 3.05) is 23.0 Å². The fourth-order valence-electron chi connectivity index (χ4n) is 4.53. The first-order valence-corrected chi connectivity index (χ1v) is 10.1. The van der Waals surface area contributed by atoms with E-state index in [1.165, 1.54) is 10.6 Å². The lowest BCUT2D eigenvalue weighted by atomic mass is 9.88. The second-order valence-electron chi connectivity index (χ2n) is 7.62. The van der Waals surface area contributed by atoms with Gasteiger partial charge in [0.1, 0.15) is 11.3 Å². The quantitative estimate of drug-likeness (QED) is 0.629. The van der Waals surface area contributed by atoms with Crippen LogP contribution in [0.15, 0.2) is 47.1 Å². The van der Waals surface area contributed by atoms with Crippen molar-refractivity contribution in [3.05, 3.63) is 58.7 Å². The summed E-state index contributed by atoms with van der Waals surface area (Å²) < 4.78 is 5.00. The molecule has 2 aromatic carbocycles. The predicted molar refractivity (Wildman–Crippen MR) is 113 cm³/mol. The summed E-state index contributed by atoms with van der Waals surface area (Å²) in [5.41, 5.74) is 4.52. The number of anilines is 2. The van der Waals surface area contributed by atoms with E-state index < -0.39 is 5.91 Å². The number of carbonyl (C=O) groups is 2. The van der Waals surface area contributed by atoms with Gasteiger partial charge in [-0.2, -0.15) is 5.01 Å². The summed E-state index contributed by atoms with van der Waals surface area (Å²) in [6.45, 7) is 2.27. The second-order valence-corrected chi connectivity index (χ2v) is 7.62. The van der Waals surface area contributed by atoms with Gasteiger partial charge in [0, 0.05) is 29.9 Å². The van der Waals surface area contributed by atoms with Crippen molar-refractivity contribution in [2.45, 2.75) is 25.7 Å². The Morgan fingerprint density at radius 2 is 1.87 bits per heavy atom. The Bertz CT molecular complexity index is 1090. The van der Waals surface area contributed by atoms with Crippen LogP contribution in [0.5, 0.6) is 5.75 Å². The van der Waals surface area contributed by atoms with Gasteiger partial charge in [-0.25, -0.2) is 0 Å². The highest BCUT2D eigenvalue weighted by Gasteiger charge is 2.34. The highest BCUT2D eigenvalue weighted by atomic mass is 16.5. The zero-order chi connectivity index (χ0) is 20.7. The molecule has 0 fully saturated rings. The zero-order valence-electron chi connectivity index (χ0n) is 16.4. The lowest BCUT2D eigenvalue weighted by Crippen LogP contribution is -2.34. The molecule has 0 saturated heterocycles. The monoisotopic (exact) mass is 403 g/mol. The van der Waals surface area contributed by atoms with Crippen molar-refractivity contribution in [3.8, 4) is 5.75 Å². The maximum Gasteiger partial charge on any atom is 0.299 e. The normalized spacial score (nSPS) is 19.0. The van der Waals surface area contributed by atoms with E-state index in [1.807, 2.05) is 12.1 Å². The maximum atomic E-state index is 13.1. The van der Waals surface area contributed by atoms with Gasteiger partial charge in [0.2, 0.25) is 0 Å². The molecule has 2 aromatic rings. The molecule has 1 amide bonds. The van der Waals surface area contributed by atoms with Crippen LogP contribution in [0.3, 0.4) is 0 Å². The molecule has 0 unspecified atom stereocenters. The van der Waals surface area contributed by atoms with Gasteiger partial charge in [0.25, 0.3) is 18.3 Å². The molecule has 0 bridgehead atoms. The van der Waals surface area contributed by atoms with Crippen molar-refractivity contribution in [1.82, 2.24) is 0 Å². The van der Waals surface area contributed by atoms with Crippen LogP contribution in [-0.4, -0.2) is 36.5 Å². The minimum atomic E-state index is -0.412. The van der Waals surface area contributed by atoms with Gasteiger partial charge < -0.3 is 14.7 Å². The lowest BCUT2D eigenvalue weighted by molar-refractivity contribution is -0.121. The molecule has 0 saturated carbocycles. The van der Waals surface area contributed by atoms with E-state index in [2.05, 4.69) is 10.0 Å². The molecule has 30 heavy (non-hydrogen) atoms. The number of aryl methyl sites for hydroxylation is 1. The van der Waals surface area contributed by atoms with Crippen molar-refractivity contribution in [1.29, 1.82) is 0 Å². The fraction of sp³-hybridized carbons (Fsp3) is 0.261. The van der Waals surface area contributed by atoms with Crippen LogP contribution in [-0.2, 0) is 27.2 Å². The first kappa shape index (κ1) is 18.4. The Labute approximate surface area is 173 Å². The van der Waals surface area contributed by atoms with Crippen LogP contribution in [0, 0.1) is 0 Å². The highest BCUT2D eigenvalue weighted by Crippen LogP contribution is 2.42. The van der Waals surface area contributed by atoms with E-state index in [0.717, 1.165) is 50.0 Å². The SMILES string of the molecule is O=COC1=NN(c2ccccc2)C(=O)/C1=C\c1cc2c3c(c1O)CCCN3CCC2. The summed E-state index contributed by atoms with van der Waals surface area (Å²) >= 11 is 0. The number of para-hydroxylation sites is 1. The summed E-state index contributed by atoms with van der Waals surface area (Å²) in [6, 6.07) is 10.9. The van der Waals surface area contributed by atoms with E-state index in [-0.39, 0.29) is 23.7 Å². The second kappa shape index (κ2) is 7.33. The van der Waals surface area contributed by atoms with E-state index in [4.69, 9.17) is 4.74 Å². The average Bonchev–Trinajstić information content (AvgIpc) is 3.08. The molecular weight excluding hydrogens is 382 g/mol. The standard InChI is InChI=1S/C23H21N3O4/c27-14-30-22-19(23(29)26(24-22)17-7-2-1-3-8-17)13-16-12-15-6-4-10-25-11-5-9-18(20(15)25)21(16)28/h1-3,7-8,12-14,28H,4-6,9-11H2/b19-13-. The number of phenols is 1. The maximum absolute atomic E-state index is 13.1.